The molecule has 0 radical (unpaired) electrons. The van der Waals surface area contributed by atoms with Gasteiger partial charge in [-0.3, -0.25) is 9.27 Å². The highest BCUT2D eigenvalue weighted by Gasteiger charge is 2.24. The second kappa shape index (κ2) is 10.6. The van der Waals surface area contributed by atoms with Crippen LogP contribution in [0, 0.1) is 0 Å². The number of allylic oxidation sites excluding steroid dienone is 1. The van der Waals surface area contributed by atoms with E-state index < -0.39 is 26.4 Å². The molecule has 0 bridgehead atoms. The number of rotatable bonds is 10. The van der Waals surface area contributed by atoms with Crippen LogP contribution in [0.15, 0.2) is 66.1 Å². The third kappa shape index (κ3) is 7.14. The van der Waals surface area contributed by atoms with E-state index in [-0.39, 0.29) is 11.4 Å². The van der Waals surface area contributed by atoms with Crippen LogP contribution in [0.25, 0.3) is 4.91 Å². The summed E-state index contributed by atoms with van der Waals surface area (Å²) in [6.45, 7) is 0. The number of hydrogen-bond donors (Lipinski definition) is 3. The molecule has 0 spiro atoms. The van der Waals surface area contributed by atoms with Crippen molar-refractivity contribution in [3.8, 4) is 0 Å². The van der Waals surface area contributed by atoms with Gasteiger partial charge in [-0.2, -0.15) is 8.42 Å². The van der Waals surface area contributed by atoms with E-state index in [4.69, 9.17) is 9.54 Å². The first kappa shape index (κ1) is 24.9. The number of sulfonamides is 1. The Bertz CT molecular complexity index is 1370. The molecule has 1 atom stereocenters. The molecule has 1 aromatic heterocycles. The van der Waals surface area contributed by atoms with Crippen molar-refractivity contribution in [3.05, 3.63) is 87.9 Å². The van der Waals surface area contributed by atoms with E-state index in [9.17, 15) is 16.8 Å². The summed E-state index contributed by atoms with van der Waals surface area (Å²) in [4.78, 5) is 5.84. The smallest absolute Gasteiger partial charge is 0.269 e. The quantitative estimate of drug-likeness (QED) is 0.330. The Balaban J connectivity index is 1.57. The van der Waals surface area contributed by atoms with Crippen molar-refractivity contribution in [1.29, 1.82) is 0 Å². The van der Waals surface area contributed by atoms with Crippen molar-refractivity contribution in [1.82, 2.24) is 9.71 Å². The molecule has 8 nitrogen and oxygen atoms in total. The van der Waals surface area contributed by atoms with Gasteiger partial charge in [0.2, 0.25) is 10.0 Å². The van der Waals surface area contributed by atoms with E-state index in [0.717, 1.165) is 27.6 Å². The standard InChI is InChI=1S/C22H23N3O5S4/c26-33(27,15-17-5-2-1-3-6-17)25-19(20-14-32-22(23-20)21-7-4-12-31-21)13-16-8-10-18(11-9-16)24-34(28,29)30/h1-3,5-11,14,19,24-25H,4,12-13,15H2,(H,28,29,30)/t19-/m0/s1. The maximum atomic E-state index is 13.0. The average molecular weight is 538 g/mol. The second-order valence-corrected chi connectivity index (χ2v) is 12.6. The highest BCUT2D eigenvalue weighted by molar-refractivity contribution is 8.08. The zero-order valence-corrected chi connectivity index (χ0v) is 21.2. The second-order valence-electron chi connectivity index (χ2n) is 7.68. The third-order valence-electron chi connectivity index (χ3n) is 4.96. The van der Waals surface area contributed by atoms with Gasteiger partial charge in [0.25, 0.3) is 0 Å². The lowest BCUT2D eigenvalue weighted by Crippen LogP contribution is -2.31. The Labute approximate surface area is 207 Å². The fourth-order valence-corrected chi connectivity index (χ4v) is 7.25. The molecule has 2 aromatic carbocycles. The van der Waals surface area contributed by atoms with Gasteiger partial charge in [0.15, 0.2) is 0 Å². The van der Waals surface area contributed by atoms with Crippen molar-refractivity contribution in [2.75, 3.05) is 10.5 Å². The molecule has 4 rings (SSSR count). The topological polar surface area (TPSA) is 125 Å². The average Bonchev–Trinajstić information content (AvgIpc) is 3.46. The number of nitrogens with zero attached hydrogens (tertiary/aromatic N) is 1. The summed E-state index contributed by atoms with van der Waals surface area (Å²) in [5.41, 5.74) is 2.29. The fourth-order valence-electron chi connectivity index (χ4n) is 3.48. The van der Waals surface area contributed by atoms with Crippen LogP contribution in [-0.4, -0.2) is 32.1 Å². The highest BCUT2D eigenvalue weighted by atomic mass is 32.2. The van der Waals surface area contributed by atoms with Gasteiger partial charge in [0, 0.05) is 16.0 Å². The minimum Gasteiger partial charge on any atom is -0.269 e. The first-order chi connectivity index (χ1) is 16.2. The van der Waals surface area contributed by atoms with Crippen LogP contribution in [0.1, 0.15) is 34.3 Å². The van der Waals surface area contributed by atoms with Crippen molar-refractivity contribution in [2.24, 2.45) is 0 Å². The maximum absolute atomic E-state index is 13.0. The molecule has 12 heteroatoms. The SMILES string of the molecule is O=S(=O)(O)Nc1ccc(C[C@H](NS(=O)(=O)Cc2ccccc2)c2csc(C3=CCCS3)n2)cc1. The zero-order valence-electron chi connectivity index (χ0n) is 17.9. The van der Waals surface area contributed by atoms with E-state index in [1.54, 1.807) is 48.2 Å². The van der Waals surface area contributed by atoms with Crippen LogP contribution in [0.5, 0.6) is 0 Å². The third-order valence-corrected chi connectivity index (χ3v) is 8.94. The van der Waals surface area contributed by atoms with Crippen LogP contribution < -0.4 is 9.44 Å². The summed E-state index contributed by atoms with van der Waals surface area (Å²) >= 11 is 3.22. The van der Waals surface area contributed by atoms with Crippen molar-refractivity contribution in [3.63, 3.8) is 0 Å². The molecule has 0 saturated carbocycles. The van der Waals surface area contributed by atoms with Crippen LogP contribution in [-0.2, 0) is 32.5 Å². The number of anilines is 1. The summed E-state index contributed by atoms with van der Waals surface area (Å²) in [5.74, 6) is 0.862. The molecule has 34 heavy (non-hydrogen) atoms. The first-order valence-electron chi connectivity index (χ1n) is 10.3. The first-order valence-corrected chi connectivity index (χ1v) is 15.3. The number of nitrogens with one attached hydrogen (secondary N) is 2. The van der Waals surface area contributed by atoms with Gasteiger partial charge in [-0.1, -0.05) is 48.5 Å². The van der Waals surface area contributed by atoms with Gasteiger partial charge >= 0.3 is 10.3 Å². The number of thioether (sulfide) groups is 1. The van der Waals surface area contributed by atoms with Crippen LogP contribution >= 0.6 is 23.1 Å². The zero-order chi connectivity index (χ0) is 24.2. The van der Waals surface area contributed by atoms with Crippen LogP contribution in [0.4, 0.5) is 5.69 Å². The lowest BCUT2D eigenvalue weighted by molar-refractivity contribution is 0.489. The van der Waals surface area contributed by atoms with Gasteiger partial charge in [0.1, 0.15) is 5.01 Å². The normalized spacial score (nSPS) is 15.1. The molecule has 1 aliphatic rings. The molecular formula is C22H23N3O5S4. The molecule has 0 amide bonds. The highest BCUT2D eigenvalue weighted by Crippen LogP contribution is 2.36. The van der Waals surface area contributed by atoms with E-state index in [2.05, 4.69) is 10.8 Å². The fraction of sp³-hybridized carbons (Fsp3) is 0.227. The Kier molecular flexibility index (Phi) is 7.75. The predicted octanol–water partition coefficient (Wildman–Crippen LogP) is 4.24. The summed E-state index contributed by atoms with van der Waals surface area (Å²) in [5, 5.41) is 2.75. The largest absolute Gasteiger partial charge is 0.357 e. The Morgan fingerprint density at radius 1 is 1.00 bits per heavy atom. The van der Waals surface area contributed by atoms with E-state index in [1.165, 1.54) is 23.5 Å². The van der Waals surface area contributed by atoms with Gasteiger partial charge in [-0.25, -0.2) is 18.1 Å². The lowest BCUT2D eigenvalue weighted by atomic mass is 10.0. The van der Waals surface area contributed by atoms with Crippen LogP contribution in [0.2, 0.25) is 0 Å². The van der Waals surface area contributed by atoms with Crippen molar-refractivity contribution >= 4 is 54.0 Å². The summed E-state index contributed by atoms with van der Waals surface area (Å²) < 4.78 is 61.8. The van der Waals surface area contributed by atoms with Gasteiger partial charge in [-0.05, 0) is 36.1 Å². The Hall–Kier alpha value is -2.22. The molecule has 0 fully saturated rings. The molecule has 2 heterocycles. The number of thiazole rings is 1. The monoisotopic (exact) mass is 537 g/mol. The van der Waals surface area contributed by atoms with E-state index in [1.807, 2.05) is 16.2 Å². The lowest BCUT2D eigenvalue weighted by Gasteiger charge is -2.18. The maximum Gasteiger partial charge on any atom is 0.357 e. The van der Waals surface area contributed by atoms with Crippen molar-refractivity contribution in [2.45, 2.75) is 24.6 Å². The molecule has 0 aliphatic carbocycles. The minimum absolute atomic E-state index is 0.153. The molecule has 180 valence electrons. The van der Waals surface area contributed by atoms with E-state index in [0.29, 0.717) is 17.7 Å². The predicted molar refractivity (Wildman–Crippen MR) is 137 cm³/mol. The number of aromatic nitrogens is 1. The molecule has 3 aromatic rings. The molecule has 1 aliphatic heterocycles. The van der Waals surface area contributed by atoms with Gasteiger partial charge in [0.05, 0.1) is 23.2 Å². The van der Waals surface area contributed by atoms with Gasteiger partial charge in [-0.15, -0.1) is 23.1 Å². The van der Waals surface area contributed by atoms with Gasteiger partial charge < -0.3 is 0 Å². The molecule has 0 unspecified atom stereocenters. The van der Waals surface area contributed by atoms with E-state index >= 15 is 0 Å². The number of hydrogen-bond acceptors (Lipinski definition) is 7. The van der Waals surface area contributed by atoms with Crippen molar-refractivity contribution < 1.29 is 21.4 Å². The Morgan fingerprint density at radius 2 is 1.74 bits per heavy atom. The summed E-state index contributed by atoms with van der Waals surface area (Å²) in [6.07, 6.45) is 3.45. The minimum atomic E-state index is -4.37. The van der Waals surface area contributed by atoms with Crippen LogP contribution in [0.3, 0.4) is 0 Å². The summed E-state index contributed by atoms with van der Waals surface area (Å²) in [6, 6.07) is 14.7. The molecule has 3 N–H and O–H groups in total. The Morgan fingerprint density at radius 3 is 2.38 bits per heavy atom. The molecule has 0 saturated heterocycles. The summed E-state index contributed by atoms with van der Waals surface area (Å²) in [7, 11) is -8.05. The number of benzene rings is 2. The molecular weight excluding hydrogens is 515 g/mol.